The molecule has 0 spiro atoms. The third-order valence-electron chi connectivity index (χ3n) is 4.85. The van der Waals surface area contributed by atoms with Gasteiger partial charge in [0.25, 0.3) is 5.91 Å². The average molecular weight is 328 g/mol. The van der Waals surface area contributed by atoms with Crippen molar-refractivity contribution in [3.05, 3.63) is 41.5 Å². The minimum atomic E-state index is -0.279. The number of carbonyl (C=O) groups excluding carboxylic acids is 1. The highest BCUT2D eigenvalue weighted by molar-refractivity contribution is 5.92. The van der Waals surface area contributed by atoms with E-state index < -0.39 is 0 Å². The lowest BCUT2D eigenvalue weighted by Crippen LogP contribution is -2.40. The lowest BCUT2D eigenvalue weighted by atomic mass is 9.97. The van der Waals surface area contributed by atoms with Crippen molar-refractivity contribution in [2.45, 2.75) is 38.8 Å². The summed E-state index contributed by atoms with van der Waals surface area (Å²) in [5, 5.41) is 2.64. The lowest BCUT2D eigenvalue weighted by Gasteiger charge is -2.34. The average Bonchev–Trinajstić information content (AvgIpc) is 3.14. The zero-order valence-corrected chi connectivity index (χ0v) is 14.7. The Morgan fingerprint density at radius 3 is 2.88 bits per heavy atom. The van der Waals surface area contributed by atoms with Crippen LogP contribution >= 0.6 is 0 Å². The van der Waals surface area contributed by atoms with Crippen molar-refractivity contribution < 1.29 is 4.79 Å². The summed E-state index contributed by atoms with van der Waals surface area (Å²) in [4.78, 5) is 27.8. The Bertz CT molecular complexity index is 755. The minimum Gasteiger partial charge on any atom is -0.354 e. The van der Waals surface area contributed by atoms with Crippen LogP contribution < -0.4 is 5.32 Å². The third kappa shape index (κ3) is 2.91. The van der Waals surface area contributed by atoms with Gasteiger partial charge < -0.3 is 9.88 Å². The van der Waals surface area contributed by atoms with Gasteiger partial charge in [0.2, 0.25) is 0 Å². The summed E-state index contributed by atoms with van der Waals surface area (Å²) in [5.74, 6) is 0.544. The summed E-state index contributed by atoms with van der Waals surface area (Å²) in [6.45, 7) is 5.84. The van der Waals surface area contributed by atoms with Crippen molar-refractivity contribution in [3.8, 4) is 0 Å². The molecule has 1 N–H and O–H groups in total. The first kappa shape index (κ1) is 16.6. The zero-order chi connectivity index (χ0) is 17.3. The van der Waals surface area contributed by atoms with Crippen LogP contribution in [0, 0.1) is 6.92 Å². The zero-order valence-electron chi connectivity index (χ0n) is 14.7. The number of rotatable bonds is 4. The number of aryl methyl sites for hydroxylation is 2. The molecule has 24 heavy (non-hydrogen) atoms. The molecule has 0 radical (unpaired) electrons. The molecule has 0 aromatic carbocycles. The van der Waals surface area contributed by atoms with Crippen LogP contribution in [-0.4, -0.2) is 43.9 Å². The molecule has 1 atom stereocenters. The standard InChI is InChI=1S/C17H24N6O/c1-12-8-14(15(24)18-3)21-16(20-12)17(2)6-5-7-23(17)10-13-9-19-11-22(13)4/h8-9,11H,5-7,10H2,1-4H3,(H,18,24). The molecular formula is C17H24N6O. The quantitative estimate of drug-likeness (QED) is 0.918. The number of nitrogens with zero attached hydrogens (tertiary/aromatic N) is 5. The number of hydrogen-bond donors (Lipinski definition) is 1. The van der Waals surface area contributed by atoms with Crippen LogP contribution in [0.4, 0.5) is 0 Å². The predicted octanol–water partition coefficient (Wildman–Crippen LogP) is 1.39. The molecule has 1 aliphatic heterocycles. The largest absolute Gasteiger partial charge is 0.354 e. The fourth-order valence-electron chi connectivity index (χ4n) is 3.31. The fourth-order valence-corrected chi connectivity index (χ4v) is 3.31. The van der Waals surface area contributed by atoms with Crippen molar-refractivity contribution in [1.29, 1.82) is 0 Å². The SMILES string of the molecule is CNC(=O)c1cc(C)nc(C2(C)CCCN2Cc2cncn2C)n1. The van der Waals surface area contributed by atoms with Crippen LogP contribution in [0.1, 0.15) is 47.5 Å². The normalized spacial score (nSPS) is 21.2. The number of hydrogen-bond acceptors (Lipinski definition) is 5. The number of aromatic nitrogens is 4. The Labute approximate surface area is 142 Å². The second-order valence-corrected chi connectivity index (χ2v) is 6.59. The van der Waals surface area contributed by atoms with Gasteiger partial charge in [-0.05, 0) is 39.3 Å². The van der Waals surface area contributed by atoms with E-state index in [1.165, 1.54) is 0 Å². The van der Waals surface area contributed by atoms with E-state index in [4.69, 9.17) is 0 Å². The Hall–Kier alpha value is -2.28. The molecule has 0 aliphatic carbocycles. The predicted molar refractivity (Wildman–Crippen MR) is 90.4 cm³/mol. The number of nitrogens with one attached hydrogen (secondary N) is 1. The Balaban J connectivity index is 1.95. The molecule has 0 bridgehead atoms. The molecule has 3 heterocycles. The molecule has 7 nitrogen and oxygen atoms in total. The van der Waals surface area contributed by atoms with Gasteiger partial charge in [-0.25, -0.2) is 15.0 Å². The molecule has 7 heteroatoms. The van der Waals surface area contributed by atoms with E-state index in [-0.39, 0.29) is 11.4 Å². The highest BCUT2D eigenvalue weighted by atomic mass is 16.1. The Morgan fingerprint density at radius 2 is 2.21 bits per heavy atom. The van der Waals surface area contributed by atoms with Crippen molar-refractivity contribution >= 4 is 5.91 Å². The van der Waals surface area contributed by atoms with Crippen molar-refractivity contribution in [2.24, 2.45) is 7.05 Å². The third-order valence-corrected chi connectivity index (χ3v) is 4.85. The first-order valence-electron chi connectivity index (χ1n) is 8.22. The second kappa shape index (κ2) is 6.32. The maximum Gasteiger partial charge on any atom is 0.269 e. The molecule has 1 saturated heterocycles. The van der Waals surface area contributed by atoms with Crippen molar-refractivity contribution in [2.75, 3.05) is 13.6 Å². The number of amides is 1. The number of carbonyl (C=O) groups is 1. The molecule has 2 aromatic heterocycles. The molecular weight excluding hydrogens is 304 g/mol. The van der Waals surface area contributed by atoms with E-state index in [1.807, 2.05) is 31.1 Å². The molecule has 1 fully saturated rings. The molecule has 1 aliphatic rings. The van der Waals surface area contributed by atoms with Crippen LogP contribution in [0.3, 0.4) is 0 Å². The van der Waals surface area contributed by atoms with E-state index in [1.54, 1.807) is 13.1 Å². The molecule has 1 amide bonds. The summed E-state index contributed by atoms with van der Waals surface area (Å²) in [7, 11) is 3.62. The minimum absolute atomic E-state index is 0.179. The van der Waals surface area contributed by atoms with Gasteiger partial charge in [-0.3, -0.25) is 9.69 Å². The van der Waals surface area contributed by atoms with Gasteiger partial charge in [-0.1, -0.05) is 0 Å². The second-order valence-electron chi connectivity index (χ2n) is 6.59. The maximum atomic E-state index is 12.0. The molecule has 128 valence electrons. The molecule has 3 rings (SSSR count). The molecule has 1 unspecified atom stereocenters. The van der Waals surface area contributed by atoms with E-state index in [0.717, 1.165) is 43.1 Å². The number of likely N-dealkylation sites (tertiary alicyclic amines) is 1. The summed E-state index contributed by atoms with van der Waals surface area (Å²) in [6, 6.07) is 1.73. The highest BCUT2D eigenvalue weighted by Gasteiger charge is 2.41. The van der Waals surface area contributed by atoms with Crippen molar-refractivity contribution in [3.63, 3.8) is 0 Å². The smallest absolute Gasteiger partial charge is 0.269 e. The first-order valence-corrected chi connectivity index (χ1v) is 8.22. The van der Waals surface area contributed by atoms with E-state index in [0.29, 0.717) is 5.69 Å². The Kier molecular flexibility index (Phi) is 4.36. The highest BCUT2D eigenvalue weighted by Crippen LogP contribution is 2.37. The van der Waals surface area contributed by atoms with Gasteiger partial charge in [0.1, 0.15) is 11.5 Å². The van der Waals surface area contributed by atoms with Gasteiger partial charge >= 0.3 is 0 Å². The van der Waals surface area contributed by atoms with Gasteiger partial charge in [0.05, 0.1) is 17.6 Å². The maximum absolute atomic E-state index is 12.0. The molecule has 2 aromatic rings. The van der Waals surface area contributed by atoms with Gasteiger partial charge in [-0.2, -0.15) is 0 Å². The summed E-state index contributed by atoms with van der Waals surface area (Å²) >= 11 is 0. The first-order chi connectivity index (χ1) is 11.4. The van der Waals surface area contributed by atoms with E-state index in [9.17, 15) is 4.79 Å². The van der Waals surface area contributed by atoms with Crippen LogP contribution in [-0.2, 0) is 19.1 Å². The van der Waals surface area contributed by atoms with Gasteiger partial charge in [0.15, 0.2) is 0 Å². The Morgan fingerprint density at radius 1 is 1.42 bits per heavy atom. The summed E-state index contributed by atoms with van der Waals surface area (Å²) in [6.07, 6.45) is 5.77. The van der Waals surface area contributed by atoms with E-state index >= 15 is 0 Å². The molecule has 0 saturated carbocycles. The fraction of sp³-hybridized carbons (Fsp3) is 0.529. The number of imidazole rings is 1. The van der Waals surface area contributed by atoms with Crippen LogP contribution in [0.5, 0.6) is 0 Å². The lowest BCUT2D eigenvalue weighted by molar-refractivity contribution is 0.0954. The van der Waals surface area contributed by atoms with Crippen LogP contribution in [0.25, 0.3) is 0 Å². The van der Waals surface area contributed by atoms with Crippen LogP contribution in [0.15, 0.2) is 18.6 Å². The van der Waals surface area contributed by atoms with Crippen LogP contribution in [0.2, 0.25) is 0 Å². The summed E-state index contributed by atoms with van der Waals surface area (Å²) < 4.78 is 2.03. The monoisotopic (exact) mass is 328 g/mol. The van der Waals surface area contributed by atoms with Gasteiger partial charge in [-0.15, -0.1) is 0 Å². The summed E-state index contributed by atoms with van der Waals surface area (Å²) in [5.41, 5.74) is 2.11. The van der Waals surface area contributed by atoms with Gasteiger partial charge in [0, 0.05) is 32.5 Å². The van der Waals surface area contributed by atoms with Crippen molar-refractivity contribution in [1.82, 2.24) is 29.7 Å². The van der Waals surface area contributed by atoms with E-state index in [2.05, 4.69) is 32.1 Å². The topological polar surface area (TPSA) is 75.9 Å².